The van der Waals surface area contributed by atoms with Crippen LogP contribution in [0.15, 0.2) is 12.1 Å². The van der Waals surface area contributed by atoms with E-state index in [-0.39, 0.29) is 0 Å². The van der Waals surface area contributed by atoms with E-state index < -0.39 is 5.97 Å². The van der Waals surface area contributed by atoms with Gasteiger partial charge in [-0.15, -0.1) is 0 Å². The van der Waals surface area contributed by atoms with Crippen molar-refractivity contribution >= 4 is 40.7 Å². The second-order valence-electron chi connectivity index (χ2n) is 2.79. The lowest BCUT2D eigenvalue weighted by molar-refractivity contribution is -0.105. The molecule has 16 heavy (non-hydrogen) atoms. The molecule has 0 fully saturated rings. The molecule has 0 aliphatic heterocycles. The maximum absolute atomic E-state index is 11.4. The lowest BCUT2D eigenvalue weighted by Gasteiger charge is -2.10. The quantitative estimate of drug-likeness (QED) is 0.516. The zero-order chi connectivity index (χ0) is 12.1. The molecule has 0 saturated carbocycles. The van der Waals surface area contributed by atoms with Crippen LogP contribution in [0.1, 0.15) is 10.4 Å². The van der Waals surface area contributed by atoms with Gasteiger partial charge in [-0.25, -0.2) is 4.79 Å². The molecule has 1 N–H and O–H groups in total. The molecule has 86 valence electrons. The summed E-state index contributed by atoms with van der Waals surface area (Å²) in [6.45, 7) is 0. The summed E-state index contributed by atoms with van der Waals surface area (Å²) < 4.78 is 10.4. The van der Waals surface area contributed by atoms with Crippen molar-refractivity contribution in [3.8, 4) is 5.75 Å². The second-order valence-corrected chi connectivity index (χ2v) is 3.95. The fourth-order valence-corrected chi connectivity index (χ4v) is 1.79. The third kappa shape index (κ3) is 2.63. The molecule has 1 rings (SSSR count). The number of nitrogens with one attached hydrogen (secondary N) is 1. The molecule has 0 aliphatic carbocycles. The molecule has 1 amide bonds. The molecule has 0 unspecified atom stereocenters. The van der Waals surface area contributed by atoms with E-state index in [1.165, 1.54) is 14.2 Å². The van der Waals surface area contributed by atoms with Crippen molar-refractivity contribution in [2.75, 3.05) is 19.5 Å². The average molecular weight is 335 g/mol. The molecule has 0 saturated heterocycles. The Hall–Kier alpha value is -1.31. The van der Waals surface area contributed by atoms with Gasteiger partial charge in [-0.3, -0.25) is 4.79 Å². The van der Waals surface area contributed by atoms with E-state index in [1.807, 2.05) is 22.6 Å². The van der Waals surface area contributed by atoms with Gasteiger partial charge in [0.05, 0.1) is 19.9 Å². The Morgan fingerprint density at radius 2 is 2.12 bits per heavy atom. The van der Waals surface area contributed by atoms with Crippen LogP contribution in [0.2, 0.25) is 0 Å². The Balaban J connectivity index is 3.25. The Kier molecular flexibility index (Phi) is 4.53. The Labute approximate surface area is 106 Å². The number of amides is 1. The summed E-state index contributed by atoms with van der Waals surface area (Å²) in [5, 5.41) is 2.51. The van der Waals surface area contributed by atoms with Gasteiger partial charge < -0.3 is 14.8 Å². The third-order valence-corrected chi connectivity index (χ3v) is 2.80. The molecule has 0 aliphatic rings. The molecular weight excluding hydrogens is 325 g/mol. The Morgan fingerprint density at radius 3 is 2.62 bits per heavy atom. The van der Waals surface area contributed by atoms with Crippen LogP contribution in [-0.4, -0.2) is 26.6 Å². The minimum absolute atomic E-state index is 0.325. The van der Waals surface area contributed by atoms with Crippen LogP contribution in [0.4, 0.5) is 5.69 Å². The number of anilines is 1. The van der Waals surface area contributed by atoms with Gasteiger partial charge in [-0.2, -0.15) is 0 Å². The predicted molar refractivity (Wildman–Crippen MR) is 66.7 cm³/mol. The molecule has 0 spiro atoms. The number of methoxy groups -OCH3 is 2. The predicted octanol–water partition coefficient (Wildman–Crippen LogP) is 1.65. The molecule has 0 aromatic heterocycles. The van der Waals surface area contributed by atoms with Crippen molar-refractivity contribution in [2.24, 2.45) is 0 Å². The van der Waals surface area contributed by atoms with Crippen molar-refractivity contribution in [1.82, 2.24) is 0 Å². The number of halogens is 1. The van der Waals surface area contributed by atoms with Crippen molar-refractivity contribution in [2.45, 2.75) is 0 Å². The Bertz CT molecular complexity index is 420. The third-order valence-electron chi connectivity index (χ3n) is 1.91. The van der Waals surface area contributed by atoms with Crippen LogP contribution in [0.5, 0.6) is 5.75 Å². The van der Waals surface area contributed by atoms with Gasteiger partial charge in [0.1, 0.15) is 11.3 Å². The van der Waals surface area contributed by atoms with E-state index in [9.17, 15) is 9.59 Å². The van der Waals surface area contributed by atoms with E-state index >= 15 is 0 Å². The van der Waals surface area contributed by atoms with Crippen LogP contribution in [-0.2, 0) is 9.53 Å². The summed E-state index contributed by atoms with van der Waals surface area (Å²) in [5.41, 5.74) is 0.908. The maximum atomic E-state index is 11.4. The number of rotatable bonds is 4. The van der Waals surface area contributed by atoms with Crippen molar-refractivity contribution < 1.29 is 19.1 Å². The minimum Gasteiger partial charge on any atom is -0.496 e. The highest BCUT2D eigenvalue weighted by atomic mass is 127. The van der Waals surface area contributed by atoms with Gasteiger partial charge in [0.25, 0.3) is 0 Å². The number of benzene rings is 1. The van der Waals surface area contributed by atoms with Crippen LogP contribution in [0, 0.1) is 3.57 Å². The highest BCUT2D eigenvalue weighted by Crippen LogP contribution is 2.28. The number of carbonyl (C=O) groups excluding carboxylic acids is 2. The Morgan fingerprint density at radius 1 is 1.44 bits per heavy atom. The molecular formula is C10H10INO4. The molecule has 0 heterocycles. The van der Waals surface area contributed by atoms with Crippen LogP contribution < -0.4 is 10.1 Å². The second kappa shape index (κ2) is 5.69. The first-order valence-electron chi connectivity index (χ1n) is 4.30. The standard InChI is InChI=1S/C10H10INO4/c1-15-9-4-8(12-5-13)7(11)3-6(9)10(14)16-2/h3-5H,1-2H3,(H,12,13). The van der Waals surface area contributed by atoms with Crippen molar-refractivity contribution in [1.29, 1.82) is 0 Å². The fraction of sp³-hybridized carbons (Fsp3) is 0.200. The van der Waals surface area contributed by atoms with E-state index in [4.69, 9.17) is 4.74 Å². The first kappa shape index (κ1) is 12.8. The fourth-order valence-electron chi connectivity index (χ4n) is 1.17. The largest absolute Gasteiger partial charge is 0.496 e. The zero-order valence-electron chi connectivity index (χ0n) is 8.74. The van der Waals surface area contributed by atoms with Gasteiger partial charge >= 0.3 is 5.97 Å². The van der Waals surface area contributed by atoms with Gasteiger partial charge in [0, 0.05) is 9.64 Å². The first-order valence-corrected chi connectivity index (χ1v) is 5.38. The van der Waals surface area contributed by atoms with Crippen LogP contribution >= 0.6 is 22.6 Å². The highest BCUT2D eigenvalue weighted by molar-refractivity contribution is 14.1. The summed E-state index contributed by atoms with van der Waals surface area (Å²) >= 11 is 2.01. The molecule has 6 heteroatoms. The van der Waals surface area contributed by atoms with E-state index in [0.29, 0.717) is 23.4 Å². The van der Waals surface area contributed by atoms with Gasteiger partial charge in [0.2, 0.25) is 6.41 Å². The van der Waals surface area contributed by atoms with Crippen molar-refractivity contribution in [3.63, 3.8) is 0 Å². The summed E-state index contributed by atoms with van der Waals surface area (Å²) in [5.74, 6) is -0.121. The topological polar surface area (TPSA) is 64.6 Å². The van der Waals surface area contributed by atoms with Gasteiger partial charge in [-0.1, -0.05) is 0 Å². The van der Waals surface area contributed by atoms with Gasteiger partial charge in [0.15, 0.2) is 0 Å². The first-order chi connectivity index (χ1) is 7.63. The lowest BCUT2D eigenvalue weighted by atomic mass is 10.2. The van der Waals surface area contributed by atoms with Crippen LogP contribution in [0.25, 0.3) is 0 Å². The number of ether oxygens (including phenoxy) is 2. The minimum atomic E-state index is -0.479. The maximum Gasteiger partial charge on any atom is 0.341 e. The van der Waals surface area contributed by atoms with Gasteiger partial charge in [-0.05, 0) is 28.7 Å². The normalized spacial score (nSPS) is 9.44. The SMILES string of the molecule is COC(=O)c1cc(I)c(NC=O)cc1OC. The molecule has 0 atom stereocenters. The van der Waals surface area contributed by atoms with E-state index in [0.717, 1.165) is 3.57 Å². The summed E-state index contributed by atoms with van der Waals surface area (Å²) in [4.78, 5) is 21.8. The van der Waals surface area contributed by atoms with Crippen LogP contribution in [0.3, 0.4) is 0 Å². The number of esters is 1. The van der Waals surface area contributed by atoms with E-state index in [1.54, 1.807) is 12.1 Å². The molecule has 1 aromatic carbocycles. The number of hydrogen-bond donors (Lipinski definition) is 1. The highest BCUT2D eigenvalue weighted by Gasteiger charge is 2.15. The summed E-state index contributed by atoms with van der Waals surface area (Å²) in [7, 11) is 2.74. The monoisotopic (exact) mass is 335 g/mol. The smallest absolute Gasteiger partial charge is 0.341 e. The van der Waals surface area contributed by atoms with Crippen molar-refractivity contribution in [3.05, 3.63) is 21.3 Å². The average Bonchev–Trinajstić information content (AvgIpc) is 2.30. The summed E-state index contributed by atoms with van der Waals surface area (Å²) in [6, 6.07) is 3.17. The van der Waals surface area contributed by atoms with E-state index in [2.05, 4.69) is 10.1 Å². The molecule has 5 nitrogen and oxygen atoms in total. The summed E-state index contributed by atoms with van der Waals surface area (Å²) in [6.07, 6.45) is 0.564. The number of hydrogen-bond acceptors (Lipinski definition) is 4. The number of carbonyl (C=O) groups is 2. The molecule has 0 radical (unpaired) electrons. The zero-order valence-corrected chi connectivity index (χ0v) is 10.9. The molecule has 0 bridgehead atoms. The lowest BCUT2D eigenvalue weighted by Crippen LogP contribution is -2.06. The molecule has 1 aromatic rings.